The summed E-state index contributed by atoms with van der Waals surface area (Å²) in [6.07, 6.45) is 4.63. The minimum absolute atomic E-state index is 0.107. The molecule has 1 aliphatic heterocycles. The van der Waals surface area contributed by atoms with Crippen LogP contribution in [0.5, 0.6) is 0 Å². The van der Waals surface area contributed by atoms with Crippen LogP contribution in [0.1, 0.15) is 56.6 Å². The van der Waals surface area contributed by atoms with E-state index in [9.17, 15) is 9.18 Å². The van der Waals surface area contributed by atoms with Crippen molar-refractivity contribution in [3.63, 3.8) is 0 Å². The summed E-state index contributed by atoms with van der Waals surface area (Å²) in [5.41, 5.74) is 3.40. The third-order valence-corrected chi connectivity index (χ3v) is 7.64. The predicted molar refractivity (Wildman–Crippen MR) is 153 cm³/mol. The summed E-state index contributed by atoms with van der Waals surface area (Å²) >= 11 is 0. The lowest BCUT2D eigenvalue weighted by atomic mass is 9.97. The summed E-state index contributed by atoms with van der Waals surface area (Å²) in [4.78, 5) is 27.5. The average Bonchev–Trinajstić information content (AvgIpc) is 3.30. The van der Waals surface area contributed by atoms with Crippen LogP contribution in [0.3, 0.4) is 0 Å². The Balaban J connectivity index is 1.48. The first-order valence-electron chi connectivity index (χ1n) is 14.1. The normalized spacial score (nSPS) is 14.7. The molecule has 7 nitrogen and oxygen atoms in total. The molecule has 4 aromatic rings. The number of halogens is 1. The third kappa shape index (κ3) is 5.79. The van der Waals surface area contributed by atoms with Crippen LogP contribution in [-0.2, 0) is 11.2 Å². The molecule has 1 atom stereocenters. The van der Waals surface area contributed by atoms with Gasteiger partial charge in [0.05, 0.1) is 16.8 Å². The number of aromatic nitrogens is 4. The zero-order chi connectivity index (χ0) is 27.4. The maximum atomic E-state index is 13.7. The van der Waals surface area contributed by atoms with E-state index in [-0.39, 0.29) is 17.6 Å². The molecule has 1 amide bonds. The number of carbonyl (C=O) groups is 1. The molecule has 0 N–H and O–H groups in total. The molecule has 0 spiro atoms. The van der Waals surface area contributed by atoms with E-state index >= 15 is 0 Å². The number of rotatable bonds is 9. The van der Waals surface area contributed by atoms with Gasteiger partial charge in [-0.05, 0) is 49.6 Å². The second-order valence-corrected chi connectivity index (χ2v) is 10.4. The van der Waals surface area contributed by atoms with Crippen LogP contribution in [0.2, 0.25) is 0 Å². The summed E-state index contributed by atoms with van der Waals surface area (Å²) in [6, 6.07) is 16.5. The number of unbranched alkanes of at least 4 members (excludes halogenated alkanes) is 1. The Morgan fingerprint density at radius 3 is 2.36 bits per heavy atom. The lowest BCUT2D eigenvalue weighted by molar-refractivity contribution is -0.136. The molecule has 0 radical (unpaired) electrons. The number of hydrogen-bond acceptors (Lipinski definition) is 5. The maximum absolute atomic E-state index is 13.7. The first-order valence-corrected chi connectivity index (χ1v) is 14.1. The zero-order valence-electron chi connectivity index (χ0n) is 23.1. The molecule has 0 bridgehead atoms. The molecule has 0 unspecified atom stereocenters. The number of hydrogen-bond donors (Lipinski definition) is 0. The van der Waals surface area contributed by atoms with E-state index in [2.05, 4.69) is 30.9 Å². The van der Waals surface area contributed by atoms with Crippen molar-refractivity contribution in [1.82, 2.24) is 24.6 Å². The van der Waals surface area contributed by atoms with Gasteiger partial charge in [0.1, 0.15) is 17.5 Å². The maximum Gasteiger partial charge on any atom is 0.225 e. The van der Waals surface area contributed by atoms with Gasteiger partial charge in [0.15, 0.2) is 5.65 Å². The highest BCUT2D eigenvalue weighted by atomic mass is 19.1. The van der Waals surface area contributed by atoms with E-state index in [0.29, 0.717) is 44.1 Å². The Bertz CT molecular complexity index is 1410. The Kier molecular flexibility index (Phi) is 8.19. The summed E-state index contributed by atoms with van der Waals surface area (Å²) < 4.78 is 15.4. The van der Waals surface area contributed by atoms with Crippen molar-refractivity contribution in [3.05, 3.63) is 77.5 Å². The van der Waals surface area contributed by atoms with Gasteiger partial charge in [-0.15, -0.1) is 0 Å². The lowest BCUT2D eigenvalue weighted by Crippen LogP contribution is -2.50. The summed E-state index contributed by atoms with van der Waals surface area (Å²) in [6.45, 7) is 9.00. The van der Waals surface area contributed by atoms with E-state index in [1.807, 2.05) is 30.0 Å². The summed E-state index contributed by atoms with van der Waals surface area (Å²) in [7, 11) is 0. The average molecular weight is 529 g/mol. The first kappa shape index (κ1) is 26.8. The van der Waals surface area contributed by atoms with Crippen molar-refractivity contribution < 1.29 is 9.18 Å². The van der Waals surface area contributed by atoms with Crippen LogP contribution < -0.4 is 4.90 Å². The van der Waals surface area contributed by atoms with E-state index in [4.69, 9.17) is 15.1 Å². The van der Waals surface area contributed by atoms with E-state index < -0.39 is 0 Å². The second kappa shape index (κ2) is 11.9. The molecule has 5 rings (SSSR count). The number of aryl methyl sites for hydroxylation is 1. The smallest absolute Gasteiger partial charge is 0.225 e. The topological polar surface area (TPSA) is 67.2 Å². The standard InChI is InChI=1S/C31H37FN6O/c1-4-6-12-24(5-2)31(39)37-19-17-36(18-20-37)29-28-22(3)35-38(26-15-13-25(32)14-16-26)30(28)34-27(33-29)21-23-10-8-7-9-11-23/h7-11,13-16,24H,4-6,12,17-21H2,1-3H3/t24-/m1/s1. The van der Waals surface area contributed by atoms with Crippen LogP contribution in [0.15, 0.2) is 54.6 Å². The SMILES string of the molecule is CCCC[C@@H](CC)C(=O)N1CCN(c2nc(Cc3ccccc3)nc3c2c(C)nn3-c2ccc(F)cc2)CC1. The number of fused-ring (bicyclic) bond motifs is 1. The van der Waals surface area contributed by atoms with Gasteiger partial charge in [0.2, 0.25) is 5.91 Å². The second-order valence-electron chi connectivity index (χ2n) is 10.4. The first-order chi connectivity index (χ1) is 19.0. The van der Waals surface area contributed by atoms with Crippen LogP contribution in [-0.4, -0.2) is 56.7 Å². The van der Waals surface area contributed by atoms with Crippen molar-refractivity contribution in [2.45, 2.75) is 52.9 Å². The number of anilines is 1. The number of amides is 1. The molecule has 1 saturated heterocycles. The van der Waals surface area contributed by atoms with Crippen molar-refractivity contribution >= 4 is 22.8 Å². The summed E-state index contributed by atoms with van der Waals surface area (Å²) in [5.74, 6) is 1.65. The number of nitrogens with zero attached hydrogens (tertiary/aromatic N) is 6. The van der Waals surface area contributed by atoms with Gasteiger partial charge in [-0.25, -0.2) is 19.0 Å². The highest BCUT2D eigenvalue weighted by Gasteiger charge is 2.29. The highest BCUT2D eigenvalue weighted by molar-refractivity contribution is 5.91. The molecule has 2 aromatic heterocycles. The molecule has 1 fully saturated rings. The van der Waals surface area contributed by atoms with Gasteiger partial charge in [-0.2, -0.15) is 5.10 Å². The monoisotopic (exact) mass is 528 g/mol. The highest BCUT2D eigenvalue weighted by Crippen LogP contribution is 2.30. The molecule has 0 aliphatic carbocycles. The van der Waals surface area contributed by atoms with Gasteiger partial charge in [-0.1, -0.05) is 57.0 Å². The quantitative estimate of drug-likeness (QED) is 0.278. The van der Waals surface area contributed by atoms with Crippen LogP contribution in [0.25, 0.3) is 16.7 Å². The molecule has 204 valence electrons. The minimum Gasteiger partial charge on any atom is -0.352 e. The van der Waals surface area contributed by atoms with Crippen LogP contribution >= 0.6 is 0 Å². The van der Waals surface area contributed by atoms with Crippen molar-refractivity contribution in [1.29, 1.82) is 0 Å². The van der Waals surface area contributed by atoms with Gasteiger partial charge >= 0.3 is 0 Å². The fourth-order valence-electron chi connectivity index (χ4n) is 5.40. The fraction of sp³-hybridized carbons (Fsp3) is 0.419. The molecule has 8 heteroatoms. The lowest BCUT2D eigenvalue weighted by Gasteiger charge is -2.37. The van der Waals surface area contributed by atoms with E-state index in [1.54, 1.807) is 16.8 Å². The van der Waals surface area contributed by atoms with Gasteiger partial charge < -0.3 is 9.80 Å². The molecule has 2 aromatic carbocycles. The van der Waals surface area contributed by atoms with Crippen molar-refractivity contribution in [3.8, 4) is 5.69 Å². The van der Waals surface area contributed by atoms with Crippen LogP contribution in [0.4, 0.5) is 10.2 Å². The predicted octanol–water partition coefficient (Wildman–Crippen LogP) is 5.72. The molecule has 0 saturated carbocycles. The van der Waals surface area contributed by atoms with E-state index in [0.717, 1.165) is 53.8 Å². The largest absolute Gasteiger partial charge is 0.352 e. The Labute approximate surface area is 229 Å². The molecule has 39 heavy (non-hydrogen) atoms. The molecule has 1 aliphatic rings. The van der Waals surface area contributed by atoms with Crippen molar-refractivity contribution in [2.24, 2.45) is 5.92 Å². The van der Waals surface area contributed by atoms with Gasteiger partial charge in [-0.3, -0.25) is 4.79 Å². The van der Waals surface area contributed by atoms with Crippen molar-refractivity contribution in [2.75, 3.05) is 31.1 Å². The number of piperazine rings is 1. The third-order valence-electron chi connectivity index (χ3n) is 7.64. The fourth-order valence-corrected chi connectivity index (χ4v) is 5.40. The Morgan fingerprint density at radius 2 is 1.69 bits per heavy atom. The minimum atomic E-state index is -0.292. The van der Waals surface area contributed by atoms with Gasteiger partial charge in [0.25, 0.3) is 0 Å². The number of carbonyl (C=O) groups excluding carboxylic acids is 1. The molecular formula is C31H37FN6O. The van der Waals surface area contributed by atoms with Crippen LogP contribution in [0, 0.1) is 18.7 Å². The van der Waals surface area contributed by atoms with Gasteiger partial charge in [0, 0.05) is 38.5 Å². The molecule has 3 heterocycles. The Hall–Kier alpha value is -3.81. The number of benzene rings is 2. The Morgan fingerprint density at radius 1 is 0.974 bits per heavy atom. The van der Waals surface area contributed by atoms with E-state index in [1.165, 1.54) is 12.1 Å². The summed E-state index contributed by atoms with van der Waals surface area (Å²) in [5, 5.41) is 5.69. The zero-order valence-corrected chi connectivity index (χ0v) is 23.1. The molecular weight excluding hydrogens is 491 g/mol.